The molecule has 0 aliphatic rings. The van der Waals surface area contributed by atoms with Gasteiger partial charge >= 0.3 is 5.97 Å². The Bertz CT molecular complexity index is 202. The van der Waals surface area contributed by atoms with Gasteiger partial charge in [0.05, 0.1) is 6.42 Å². The Hall–Kier alpha value is -0.570. The lowest BCUT2D eigenvalue weighted by atomic mass is 9.86. The van der Waals surface area contributed by atoms with E-state index in [9.17, 15) is 4.79 Å². The Balaban J connectivity index is 3.75. The highest BCUT2D eigenvalue weighted by molar-refractivity contribution is 5.67. The molecule has 0 spiro atoms. The van der Waals surface area contributed by atoms with E-state index in [2.05, 4.69) is 26.1 Å². The van der Waals surface area contributed by atoms with Crippen LogP contribution in [-0.4, -0.2) is 23.7 Å². The lowest BCUT2D eigenvalue weighted by Gasteiger charge is -2.27. The van der Waals surface area contributed by atoms with E-state index in [4.69, 9.17) is 5.11 Å². The Kier molecular flexibility index (Phi) is 7.39. The standard InChI is InChI=1S/C13H27NO2/c1-5-6-7-8-13(3,4)10-14-11(2)9-12(15)16/h11,14H,5-10H2,1-4H3,(H,15,16). The van der Waals surface area contributed by atoms with Crippen molar-refractivity contribution in [2.75, 3.05) is 6.54 Å². The number of carbonyl (C=O) groups is 1. The molecular weight excluding hydrogens is 202 g/mol. The zero-order valence-electron chi connectivity index (χ0n) is 11.2. The van der Waals surface area contributed by atoms with Gasteiger partial charge in [-0.15, -0.1) is 0 Å². The molecule has 0 amide bonds. The Morgan fingerprint density at radius 2 is 2.00 bits per heavy atom. The number of unbranched alkanes of at least 4 members (excludes halogenated alkanes) is 2. The second-order valence-electron chi connectivity index (χ2n) is 5.50. The largest absolute Gasteiger partial charge is 0.481 e. The highest BCUT2D eigenvalue weighted by Gasteiger charge is 2.18. The van der Waals surface area contributed by atoms with Crippen molar-refractivity contribution in [2.24, 2.45) is 5.41 Å². The van der Waals surface area contributed by atoms with Gasteiger partial charge in [0.15, 0.2) is 0 Å². The first kappa shape index (κ1) is 15.4. The third-order valence-electron chi connectivity index (χ3n) is 2.87. The molecule has 0 radical (unpaired) electrons. The van der Waals surface area contributed by atoms with Gasteiger partial charge in [-0.25, -0.2) is 0 Å². The van der Waals surface area contributed by atoms with Crippen molar-refractivity contribution in [3.63, 3.8) is 0 Å². The van der Waals surface area contributed by atoms with Gasteiger partial charge < -0.3 is 10.4 Å². The summed E-state index contributed by atoms with van der Waals surface area (Å²) in [5.41, 5.74) is 0.266. The molecule has 0 bridgehead atoms. The fourth-order valence-corrected chi connectivity index (χ4v) is 1.73. The van der Waals surface area contributed by atoms with Crippen LogP contribution in [0.15, 0.2) is 0 Å². The first-order valence-corrected chi connectivity index (χ1v) is 6.32. The van der Waals surface area contributed by atoms with E-state index >= 15 is 0 Å². The molecule has 0 aromatic rings. The van der Waals surface area contributed by atoms with Gasteiger partial charge in [0.25, 0.3) is 0 Å². The highest BCUT2D eigenvalue weighted by atomic mass is 16.4. The van der Waals surface area contributed by atoms with Crippen LogP contribution in [0.25, 0.3) is 0 Å². The maximum Gasteiger partial charge on any atom is 0.304 e. The molecule has 0 aliphatic heterocycles. The molecule has 0 aliphatic carbocycles. The van der Waals surface area contributed by atoms with E-state index in [0.717, 1.165) is 6.54 Å². The minimum absolute atomic E-state index is 0.0583. The Morgan fingerprint density at radius 1 is 1.38 bits per heavy atom. The maximum absolute atomic E-state index is 10.5. The van der Waals surface area contributed by atoms with E-state index in [0.29, 0.717) is 0 Å². The van der Waals surface area contributed by atoms with E-state index < -0.39 is 5.97 Å². The average molecular weight is 229 g/mol. The van der Waals surface area contributed by atoms with Crippen molar-refractivity contribution >= 4 is 5.97 Å². The molecule has 0 aromatic carbocycles. The fourth-order valence-electron chi connectivity index (χ4n) is 1.73. The number of rotatable bonds is 9. The smallest absolute Gasteiger partial charge is 0.304 e. The normalized spacial score (nSPS) is 13.8. The van der Waals surface area contributed by atoms with E-state index in [1.807, 2.05) is 6.92 Å². The fraction of sp³-hybridized carbons (Fsp3) is 0.923. The van der Waals surface area contributed by atoms with Crippen molar-refractivity contribution in [2.45, 2.75) is 65.8 Å². The lowest BCUT2D eigenvalue weighted by Crippen LogP contribution is -2.36. The van der Waals surface area contributed by atoms with Crippen LogP contribution < -0.4 is 5.32 Å². The molecule has 1 atom stereocenters. The molecule has 0 saturated heterocycles. The summed E-state index contributed by atoms with van der Waals surface area (Å²) in [6.07, 6.45) is 5.20. The molecule has 0 saturated carbocycles. The second kappa shape index (κ2) is 7.66. The second-order valence-corrected chi connectivity index (χ2v) is 5.50. The van der Waals surface area contributed by atoms with Crippen LogP contribution in [0.4, 0.5) is 0 Å². The average Bonchev–Trinajstić information content (AvgIpc) is 2.14. The highest BCUT2D eigenvalue weighted by Crippen LogP contribution is 2.22. The van der Waals surface area contributed by atoms with Crippen LogP contribution in [0.3, 0.4) is 0 Å². The molecule has 2 N–H and O–H groups in total. The minimum Gasteiger partial charge on any atom is -0.481 e. The molecule has 0 aromatic heterocycles. The Labute approximate surface area is 99.6 Å². The van der Waals surface area contributed by atoms with Gasteiger partial charge in [-0.2, -0.15) is 0 Å². The summed E-state index contributed by atoms with van der Waals surface area (Å²) < 4.78 is 0. The van der Waals surface area contributed by atoms with Crippen molar-refractivity contribution in [1.82, 2.24) is 5.32 Å². The van der Waals surface area contributed by atoms with Crippen LogP contribution in [0.2, 0.25) is 0 Å². The zero-order chi connectivity index (χ0) is 12.6. The summed E-state index contributed by atoms with van der Waals surface area (Å²) in [4.78, 5) is 10.5. The van der Waals surface area contributed by atoms with Crippen molar-refractivity contribution in [3.05, 3.63) is 0 Å². The Morgan fingerprint density at radius 3 is 2.50 bits per heavy atom. The van der Waals surface area contributed by atoms with Gasteiger partial charge in [0.2, 0.25) is 0 Å². The molecule has 3 nitrogen and oxygen atoms in total. The number of aliphatic carboxylic acids is 1. The van der Waals surface area contributed by atoms with Crippen LogP contribution in [-0.2, 0) is 4.79 Å². The third-order valence-corrected chi connectivity index (χ3v) is 2.87. The van der Waals surface area contributed by atoms with Crippen molar-refractivity contribution in [1.29, 1.82) is 0 Å². The molecular formula is C13H27NO2. The van der Waals surface area contributed by atoms with Crippen molar-refractivity contribution < 1.29 is 9.90 Å². The van der Waals surface area contributed by atoms with E-state index in [1.165, 1.54) is 25.7 Å². The number of carboxylic acid groups (broad SMARTS) is 1. The van der Waals surface area contributed by atoms with E-state index in [-0.39, 0.29) is 17.9 Å². The predicted molar refractivity (Wildman–Crippen MR) is 67.6 cm³/mol. The zero-order valence-corrected chi connectivity index (χ0v) is 11.2. The summed E-state index contributed by atoms with van der Waals surface area (Å²) in [5.74, 6) is -0.733. The molecule has 96 valence electrons. The molecule has 1 unspecified atom stereocenters. The molecule has 0 fully saturated rings. The van der Waals surface area contributed by atoms with Crippen LogP contribution in [0.1, 0.15) is 59.8 Å². The lowest BCUT2D eigenvalue weighted by molar-refractivity contribution is -0.137. The predicted octanol–water partition coefficient (Wildman–Crippen LogP) is 3.05. The quantitative estimate of drug-likeness (QED) is 0.597. The summed E-state index contributed by atoms with van der Waals surface area (Å²) in [6.45, 7) is 9.51. The summed E-state index contributed by atoms with van der Waals surface area (Å²) in [5, 5.41) is 11.9. The van der Waals surface area contributed by atoms with Gasteiger partial charge in [-0.05, 0) is 18.8 Å². The summed E-state index contributed by atoms with van der Waals surface area (Å²) in [6, 6.07) is 0.0583. The van der Waals surface area contributed by atoms with Gasteiger partial charge in [-0.3, -0.25) is 4.79 Å². The monoisotopic (exact) mass is 229 g/mol. The topological polar surface area (TPSA) is 49.3 Å². The SMILES string of the molecule is CCCCCC(C)(C)CNC(C)CC(=O)O. The summed E-state index contributed by atoms with van der Waals surface area (Å²) in [7, 11) is 0. The molecule has 0 heterocycles. The van der Waals surface area contributed by atoms with E-state index in [1.54, 1.807) is 0 Å². The number of nitrogens with one attached hydrogen (secondary N) is 1. The third kappa shape index (κ3) is 8.72. The van der Waals surface area contributed by atoms with Crippen LogP contribution >= 0.6 is 0 Å². The van der Waals surface area contributed by atoms with Crippen molar-refractivity contribution in [3.8, 4) is 0 Å². The van der Waals surface area contributed by atoms with Gasteiger partial charge in [0.1, 0.15) is 0 Å². The van der Waals surface area contributed by atoms with Crippen LogP contribution in [0, 0.1) is 5.41 Å². The molecule has 16 heavy (non-hydrogen) atoms. The minimum atomic E-state index is -0.733. The first-order chi connectivity index (χ1) is 7.37. The molecule has 3 heteroatoms. The van der Waals surface area contributed by atoms with Gasteiger partial charge in [0, 0.05) is 12.6 Å². The number of hydrogen-bond acceptors (Lipinski definition) is 2. The number of hydrogen-bond donors (Lipinski definition) is 2. The summed E-state index contributed by atoms with van der Waals surface area (Å²) >= 11 is 0. The van der Waals surface area contributed by atoms with Crippen LogP contribution in [0.5, 0.6) is 0 Å². The van der Waals surface area contributed by atoms with Gasteiger partial charge in [-0.1, -0.05) is 40.0 Å². The first-order valence-electron chi connectivity index (χ1n) is 6.32. The number of carboxylic acids is 1. The maximum atomic E-state index is 10.5. The molecule has 0 rings (SSSR count).